The monoisotopic (exact) mass is 175 g/mol. The van der Waals surface area contributed by atoms with Crippen LogP contribution in [0.5, 0.6) is 0 Å². The minimum atomic E-state index is 0. The standard InChI is InChI=1S/Ga.Mg.H2O.Zn/h;;1H2;. The maximum absolute atomic E-state index is 0. The molecule has 2 N–H and O–H groups in total. The van der Waals surface area contributed by atoms with Gasteiger partial charge in [-0.2, -0.15) is 0 Å². The molecule has 15 valence electrons. The summed E-state index contributed by atoms with van der Waals surface area (Å²) in [5, 5.41) is 0. The molecule has 0 amide bonds. The molecule has 0 unspecified atom stereocenters. The van der Waals surface area contributed by atoms with Gasteiger partial charge in [0.1, 0.15) is 0 Å². The Hall–Kier alpha value is 1.99. The Kier molecular flexibility index (Phi) is 189. The third-order valence-electron chi connectivity index (χ3n) is 0. The quantitative estimate of drug-likeness (QED) is 0.400. The molecule has 0 aromatic carbocycles. The van der Waals surface area contributed by atoms with Gasteiger partial charge in [-0.05, 0) is 0 Å². The van der Waals surface area contributed by atoms with Crippen LogP contribution in [0.4, 0.5) is 0 Å². The zero-order valence-corrected chi connectivity index (χ0v) is 9.30. The Morgan fingerprint density at radius 2 is 1.00 bits per heavy atom. The predicted molar refractivity (Wildman–Crippen MR) is 15.1 cm³/mol. The molecule has 0 atom stereocenters. The summed E-state index contributed by atoms with van der Waals surface area (Å²) in [6.07, 6.45) is 0. The molecule has 5 radical (unpaired) electrons. The summed E-state index contributed by atoms with van der Waals surface area (Å²) in [7, 11) is 0. The van der Waals surface area contributed by atoms with Crippen LogP contribution in [0.2, 0.25) is 0 Å². The van der Waals surface area contributed by atoms with E-state index in [2.05, 4.69) is 0 Å². The van der Waals surface area contributed by atoms with Crippen molar-refractivity contribution in [2.45, 2.75) is 0 Å². The van der Waals surface area contributed by atoms with Gasteiger partial charge in [0.25, 0.3) is 0 Å². The van der Waals surface area contributed by atoms with Crippen molar-refractivity contribution >= 4 is 42.8 Å². The Labute approximate surface area is 67.2 Å². The Balaban J connectivity index is 0. The van der Waals surface area contributed by atoms with E-state index in [0.29, 0.717) is 0 Å². The molecule has 4 heavy (non-hydrogen) atoms. The van der Waals surface area contributed by atoms with Gasteiger partial charge in [-0.25, -0.2) is 0 Å². The smallest absolute Gasteiger partial charge is 0 e. The first-order valence-electron chi connectivity index (χ1n) is 0. The Bertz CT molecular complexity index is 8.00. The van der Waals surface area contributed by atoms with Crippen LogP contribution in [0.25, 0.3) is 0 Å². The van der Waals surface area contributed by atoms with E-state index in [0.717, 1.165) is 0 Å². The molecule has 0 aliphatic heterocycles. The molecule has 0 aromatic rings. The molecule has 1 nitrogen and oxygen atoms in total. The van der Waals surface area contributed by atoms with Gasteiger partial charge in [0.05, 0.1) is 0 Å². The summed E-state index contributed by atoms with van der Waals surface area (Å²) in [5.74, 6) is 0. The Morgan fingerprint density at radius 3 is 1.00 bits per heavy atom. The van der Waals surface area contributed by atoms with E-state index < -0.39 is 0 Å². The van der Waals surface area contributed by atoms with Crippen LogP contribution in [0.15, 0.2) is 0 Å². The van der Waals surface area contributed by atoms with E-state index in [-0.39, 0.29) is 67.8 Å². The first-order chi connectivity index (χ1) is 0. The van der Waals surface area contributed by atoms with Crippen molar-refractivity contribution in [1.29, 1.82) is 0 Å². The summed E-state index contributed by atoms with van der Waals surface area (Å²) < 4.78 is 0. The molecule has 0 aromatic heterocycles. The van der Waals surface area contributed by atoms with Crippen molar-refractivity contribution in [2.24, 2.45) is 0 Å². The summed E-state index contributed by atoms with van der Waals surface area (Å²) >= 11 is 0. The van der Waals surface area contributed by atoms with Crippen LogP contribution >= 0.6 is 0 Å². The average Bonchev–Trinajstić information content (AvgIpc) is 0. The second-order valence-corrected chi connectivity index (χ2v) is 0. The van der Waals surface area contributed by atoms with Gasteiger partial charge >= 0.3 is 0 Å². The summed E-state index contributed by atoms with van der Waals surface area (Å²) in [6.45, 7) is 0. The largest absolute Gasteiger partial charge is 0.412 e. The first-order valence-corrected chi connectivity index (χ1v) is 0. The number of hydrogen-bond acceptors (Lipinski definition) is 0. The van der Waals surface area contributed by atoms with Crippen molar-refractivity contribution in [2.75, 3.05) is 0 Å². The van der Waals surface area contributed by atoms with Crippen LogP contribution in [0.1, 0.15) is 0 Å². The van der Waals surface area contributed by atoms with E-state index in [9.17, 15) is 0 Å². The maximum Gasteiger partial charge on any atom is 0 e. The van der Waals surface area contributed by atoms with Crippen LogP contribution in [-0.4, -0.2) is 48.3 Å². The topological polar surface area (TPSA) is 31.5 Å². The maximum atomic E-state index is 0. The second-order valence-electron chi connectivity index (χ2n) is 0. The van der Waals surface area contributed by atoms with E-state index in [1.807, 2.05) is 0 Å². The SMILES string of the molecule is O.[Ga].[Mg].[Zn]. The van der Waals surface area contributed by atoms with Crippen molar-refractivity contribution in [1.82, 2.24) is 0 Å². The minimum absolute atomic E-state index is 0. The van der Waals surface area contributed by atoms with Gasteiger partial charge in [0.15, 0.2) is 0 Å². The molecular formula is H2GaMgOZn. The first kappa shape index (κ1) is 37.7. The van der Waals surface area contributed by atoms with Crippen LogP contribution in [0, 0.1) is 0 Å². The zero-order valence-electron chi connectivity index (χ0n) is 2.49. The molecule has 0 rings (SSSR count). The summed E-state index contributed by atoms with van der Waals surface area (Å²) in [6, 6.07) is 0. The molecule has 4 heteroatoms. The molecule has 0 aliphatic carbocycles. The molecule has 0 heterocycles. The fourth-order valence-electron chi connectivity index (χ4n) is 0. The third kappa shape index (κ3) is 9.01. The fraction of sp³-hybridized carbons (Fsp3) is 0. The van der Waals surface area contributed by atoms with Gasteiger partial charge in [-0.3, -0.25) is 0 Å². The van der Waals surface area contributed by atoms with Crippen molar-refractivity contribution < 1.29 is 25.0 Å². The van der Waals surface area contributed by atoms with E-state index in [1.54, 1.807) is 0 Å². The van der Waals surface area contributed by atoms with E-state index in [4.69, 9.17) is 0 Å². The Morgan fingerprint density at radius 1 is 1.00 bits per heavy atom. The van der Waals surface area contributed by atoms with Crippen molar-refractivity contribution in [3.8, 4) is 0 Å². The number of rotatable bonds is 0. The van der Waals surface area contributed by atoms with Crippen molar-refractivity contribution in [3.63, 3.8) is 0 Å². The average molecular weight is 177 g/mol. The van der Waals surface area contributed by atoms with E-state index in [1.165, 1.54) is 0 Å². The van der Waals surface area contributed by atoms with Gasteiger partial charge < -0.3 is 5.48 Å². The second kappa shape index (κ2) is 20.1. The minimum Gasteiger partial charge on any atom is -0.412 e. The van der Waals surface area contributed by atoms with Crippen LogP contribution < -0.4 is 0 Å². The molecule has 0 saturated carbocycles. The molecule has 0 aliphatic rings. The molecule has 0 saturated heterocycles. The van der Waals surface area contributed by atoms with Crippen molar-refractivity contribution in [3.05, 3.63) is 0 Å². The van der Waals surface area contributed by atoms with Gasteiger partial charge in [-0.15, -0.1) is 0 Å². The molecule has 0 fully saturated rings. The molecular weight excluding hydrogens is 175 g/mol. The normalized spacial score (nSPS) is 0. The number of hydrogen-bond donors (Lipinski definition) is 0. The van der Waals surface area contributed by atoms with Gasteiger partial charge in [0.2, 0.25) is 0 Å². The predicted octanol–water partition coefficient (Wildman–Crippen LogP) is -1.59. The molecule has 0 spiro atoms. The van der Waals surface area contributed by atoms with Gasteiger partial charge in [-0.1, -0.05) is 0 Å². The van der Waals surface area contributed by atoms with Crippen LogP contribution in [0.3, 0.4) is 0 Å². The van der Waals surface area contributed by atoms with Crippen LogP contribution in [-0.2, 0) is 19.5 Å². The summed E-state index contributed by atoms with van der Waals surface area (Å²) in [5.41, 5.74) is 0. The fourth-order valence-corrected chi connectivity index (χ4v) is 0. The molecule has 0 bridgehead atoms. The van der Waals surface area contributed by atoms with Gasteiger partial charge in [0, 0.05) is 62.3 Å². The van der Waals surface area contributed by atoms with E-state index >= 15 is 0 Å². The zero-order chi connectivity index (χ0) is 0. The summed E-state index contributed by atoms with van der Waals surface area (Å²) in [4.78, 5) is 0. The third-order valence-corrected chi connectivity index (χ3v) is 0.